The van der Waals surface area contributed by atoms with Crippen LogP contribution in [-0.4, -0.2) is 18.6 Å². The van der Waals surface area contributed by atoms with Crippen LogP contribution in [0.25, 0.3) is 0 Å². The molecule has 4 nitrogen and oxygen atoms in total. The van der Waals surface area contributed by atoms with Crippen molar-refractivity contribution in [3.8, 4) is 5.88 Å². The van der Waals surface area contributed by atoms with E-state index in [4.69, 9.17) is 10.5 Å². The Balaban J connectivity index is 2.11. The normalized spacial score (nSPS) is 10.4. The molecule has 0 amide bonds. The molecule has 1 aromatic heterocycles. The fraction of sp³-hybridized carbons (Fsp3) is 0.312. The highest BCUT2D eigenvalue weighted by molar-refractivity contribution is 9.10. The van der Waals surface area contributed by atoms with Crippen LogP contribution < -0.4 is 15.4 Å². The smallest absolute Gasteiger partial charge is 0.239 e. The number of anilines is 2. The Bertz CT molecular complexity index is 587. The van der Waals surface area contributed by atoms with Gasteiger partial charge in [-0.25, -0.2) is 0 Å². The molecule has 0 saturated heterocycles. The first-order valence-electron chi connectivity index (χ1n) is 6.95. The van der Waals surface area contributed by atoms with Crippen LogP contribution in [0, 0.1) is 0 Å². The molecule has 21 heavy (non-hydrogen) atoms. The van der Waals surface area contributed by atoms with Crippen LogP contribution in [-0.2, 0) is 6.54 Å². The van der Waals surface area contributed by atoms with E-state index in [1.165, 1.54) is 5.56 Å². The standard InChI is InChI=1S/C16H20BrN3O/c1-3-10-21-16-14(18)8-9-15(19-16)20(2)11-12-4-6-13(17)7-5-12/h4-9H,3,10-11,18H2,1-2H3. The highest BCUT2D eigenvalue weighted by Gasteiger charge is 2.08. The number of nitrogens with zero attached hydrogens (tertiary/aromatic N) is 2. The molecular weight excluding hydrogens is 330 g/mol. The van der Waals surface area contributed by atoms with Crippen LogP contribution >= 0.6 is 15.9 Å². The first kappa shape index (κ1) is 15.6. The summed E-state index contributed by atoms with van der Waals surface area (Å²) in [6.07, 6.45) is 0.931. The maximum absolute atomic E-state index is 5.89. The summed E-state index contributed by atoms with van der Waals surface area (Å²) in [5.74, 6) is 1.36. The monoisotopic (exact) mass is 349 g/mol. The lowest BCUT2D eigenvalue weighted by atomic mass is 10.2. The molecule has 1 aromatic carbocycles. The maximum atomic E-state index is 5.89. The topological polar surface area (TPSA) is 51.4 Å². The number of ether oxygens (including phenoxy) is 1. The van der Waals surface area contributed by atoms with Crippen molar-refractivity contribution in [1.29, 1.82) is 0 Å². The van der Waals surface area contributed by atoms with Gasteiger partial charge in [-0.2, -0.15) is 4.98 Å². The lowest BCUT2D eigenvalue weighted by Gasteiger charge is -2.19. The number of nitrogen functional groups attached to an aromatic ring is 1. The summed E-state index contributed by atoms with van der Waals surface area (Å²) in [6.45, 7) is 3.45. The first-order chi connectivity index (χ1) is 10.1. The molecule has 0 aliphatic heterocycles. The van der Waals surface area contributed by atoms with Crippen LogP contribution in [0.15, 0.2) is 40.9 Å². The fourth-order valence-electron chi connectivity index (χ4n) is 1.91. The van der Waals surface area contributed by atoms with Crippen molar-refractivity contribution in [3.05, 3.63) is 46.4 Å². The molecule has 0 bridgehead atoms. The van der Waals surface area contributed by atoms with Gasteiger partial charge in [0.15, 0.2) is 0 Å². The Morgan fingerprint density at radius 1 is 1.19 bits per heavy atom. The lowest BCUT2D eigenvalue weighted by Crippen LogP contribution is -2.18. The van der Waals surface area contributed by atoms with Crippen LogP contribution in [0.2, 0.25) is 0 Å². The zero-order chi connectivity index (χ0) is 15.2. The van der Waals surface area contributed by atoms with Crippen LogP contribution in [0.1, 0.15) is 18.9 Å². The van der Waals surface area contributed by atoms with Crippen molar-refractivity contribution >= 4 is 27.4 Å². The van der Waals surface area contributed by atoms with Gasteiger partial charge in [0, 0.05) is 18.1 Å². The lowest BCUT2D eigenvalue weighted by molar-refractivity contribution is 0.307. The highest BCUT2D eigenvalue weighted by Crippen LogP contribution is 2.23. The average Bonchev–Trinajstić information content (AvgIpc) is 2.48. The number of nitrogens with two attached hydrogens (primary N) is 1. The average molecular weight is 350 g/mol. The van der Waals surface area contributed by atoms with E-state index in [1.54, 1.807) is 0 Å². The van der Waals surface area contributed by atoms with Gasteiger partial charge in [0.2, 0.25) is 5.88 Å². The SMILES string of the molecule is CCCOc1nc(N(C)Cc2ccc(Br)cc2)ccc1N. The molecule has 0 aliphatic carbocycles. The van der Waals surface area contributed by atoms with E-state index in [2.05, 4.69) is 44.9 Å². The Labute approximate surface area is 134 Å². The minimum atomic E-state index is 0.511. The zero-order valence-corrected chi connectivity index (χ0v) is 13.9. The van der Waals surface area contributed by atoms with Gasteiger partial charge >= 0.3 is 0 Å². The summed E-state index contributed by atoms with van der Waals surface area (Å²) in [6, 6.07) is 12.0. The Kier molecular flexibility index (Phi) is 5.44. The molecule has 0 fully saturated rings. The third-order valence-electron chi connectivity index (χ3n) is 3.04. The Morgan fingerprint density at radius 2 is 1.90 bits per heavy atom. The molecule has 1 heterocycles. The molecule has 0 radical (unpaired) electrons. The summed E-state index contributed by atoms with van der Waals surface area (Å²) in [4.78, 5) is 6.56. The van der Waals surface area contributed by atoms with E-state index in [0.717, 1.165) is 23.3 Å². The molecule has 2 aromatic rings. The number of aromatic nitrogens is 1. The van der Waals surface area contributed by atoms with Crippen molar-refractivity contribution in [2.24, 2.45) is 0 Å². The van der Waals surface area contributed by atoms with Crippen molar-refractivity contribution < 1.29 is 4.74 Å². The largest absolute Gasteiger partial charge is 0.476 e. The minimum absolute atomic E-state index is 0.511. The predicted octanol–water partition coefficient (Wildman–Crippen LogP) is 3.85. The second-order valence-electron chi connectivity index (χ2n) is 4.89. The van der Waals surface area contributed by atoms with Gasteiger partial charge in [0.1, 0.15) is 5.82 Å². The van der Waals surface area contributed by atoms with E-state index in [9.17, 15) is 0 Å². The molecule has 2 N–H and O–H groups in total. The van der Waals surface area contributed by atoms with E-state index in [1.807, 2.05) is 31.3 Å². The van der Waals surface area contributed by atoms with Crippen LogP contribution in [0.5, 0.6) is 5.88 Å². The molecule has 0 saturated carbocycles. The van der Waals surface area contributed by atoms with Gasteiger partial charge < -0.3 is 15.4 Å². The minimum Gasteiger partial charge on any atom is -0.476 e. The summed E-state index contributed by atoms with van der Waals surface area (Å²) >= 11 is 3.44. The molecule has 0 spiro atoms. The van der Waals surface area contributed by atoms with Crippen LogP contribution in [0.3, 0.4) is 0 Å². The van der Waals surface area contributed by atoms with Gasteiger partial charge in [0.25, 0.3) is 0 Å². The van der Waals surface area contributed by atoms with E-state index in [-0.39, 0.29) is 0 Å². The van der Waals surface area contributed by atoms with E-state index in [0.29, 0.717) is 18.2 Å². The summed E-state index contributed by atoms with van der Waals surface area (Å²) in [5, 5.41) is 0. The van der Waals surface area contributed by atoms with E-state index < -0.39 is 0 Å². The van der Waals surface area contributed by atoms with Gasteiger partial charge in [-0.1, -0.05) is 35.0 Å². The van der Waals surface area contributed by atoms with Gasteiger partial charge in [0.05, 0.1) is 12.3 Å². The number of rotatable bonds is 6. The molecule has 112 valence electrons. The maximum Gasteiger partial charge on any atom is 0.239 e. The molecule has 5 heteroatoms. The summed E-state index contributed by atoms with van der Waals surface area (Å²) < 4.78 is 6.65. The number of halogens is 1. The molecular formula is C16H20BrN3O. The number of benzene rings is 1. The number of hydrogen-bond acceptors (Lipinski definition) is 4. The summed E-state index contributed by atoms with van der Waals surface area (Å²) in [5.41, 5.74) is 7.68. The zero-order valence-electron chi connectivity index (χ0n) is 12.3. The third-order valence-corrected chi connectivity index (χ3v) is 3.57. The van der Waals surface area contributed by atoms with Crippen molar-refractivity contribution in [3.63, 3.8) is 0 Å². The van der Waals surface area contributed by atoms with Crippen molar-refractivity contribution in [2.45, 2.75) is 19.9 Å². The Hall–Kier alpha value is -1.75. The quantitative estimate of drug-likeness (QED) is 0.860. The third kappa shape index (κ3) is 4.36. The molecule has 0 atom stereocenters. The Morgan fingerprint density at radius 3 is 2.57 bits per heavy atom. The van der Waals surface area contributed by atoms with Gasteiger partial charge in [-0.3, -0.25) is 0 Å². The fourth-order valence-corrected chi connectivity index (χ4v) is 2.18. The van der Waals surface area contributed by atoms with Gasteiger partial charge in [-0.15, -0.1) is 0 Å². The van der Waals surface area contributed by atoms with Gasteiger partial charge in [-0.05, 0) is 36.2 Å². The van der Waals surface area contributed by atoms with Crippen molar-refractivity contribution in [1.82, 2.24) is 4.98 Å². The van der Waals surface area contributed by atoms with Crippen LogP contribution in [0.4, 0.5) is 11.5 Å². The predicted molar refractivity (Wildman–Crippen MR) is 90.7 cm³/mol. The van der Waals surface area contributed by atoms with E-state index >= 15 is 0 Å². The number of pyridine rings is 1. The molecule has 2 rings (SSSR count). The first-order valence-corrected chi connectivity index (χ1v) is 7.74. The molecule has 0 unspecified atom stereocenters. The second kappa shape index (κ2) is 7.31. The summed E-state index contributed by atoms with van der Waals surface area (Å²) in [7, 11) is 2.00. The number of hydrogen-bond donors (Lipinski definition) is 1. The molecule has 0 aliphatic rings. The highest BCUT2D eigenvalue weighted by atomic mass is 79.9. The van der Waals surface area contributed by atoms with Crippen molar-refractivity contribution in [2.75, 3.05) is 24.3 Å². The second-order valence-corrected chi connectivity index (χ2v) is 5.81.